The minimum Gasteiger partial charge on any atom is -0.355 e. The third-order valence-corrected chi connectivity index (χ3v) is 6.49. The van der Waals surface area contributed by atoms with Crippen molar-refractivity contribution in [3.8, 4) is 0 Å². The van der Waals surface area contributed by atoms with Crippen LogP contribution in [0.2, 0.25) is 0 Å². The molecule has 172 valence electrons. The number of amides is 4. The third kappa shape index (κ3) is 4.92. The summed E-state index contributed by atoms with van der Waals surface area (Å²) < 4.78 is 0. The largest absolute Gasteiger partial charge is 0.355 e. The molecule has 1 aromatic carbocycles. The molecule has 0 bridgehead atoms. The minimum atomic E-state index is -0.612. The summed E-state index contributed by atoms with van der Waals surface area (Å²) in [6.45, 7) is 6.54. The fourth-order valence-electron chi connectivity index (χ4n) is 4.62. The molecule has 1 aliphatic carbocycles. The summed E-state index contributed by atoms with van der Waals surface area (Å²) in [5, 5.41) is 2.82. The van der Waals surface area contributed by atoms with Crippen LogP contribution in [0.4, 0.5) is 0 Å². The molecule has 1 aromatic rings. The van der Waals surface area contributed by atoms with Crippen LogP contribution >= 0.6 is 0 Å². The number of likely N-dealkylation sites (tertiary alicyclic amines) is 1. The highest BCUT2D eigenvalue weighted by molar-refractivity contribution is 6.05. The lowest BCUT2D eigenvalue weighted by atomic mass is 9.85. The summed E-state index contributed by atoms with van der Waals surface area (Å²) in [6.07, 6.45) is 5.53. The SMILES string of the molecule is CCNC(=O)C(CC)N(Cc1ccccc1C)C(=O)CCN1C(=O)[C@H]2CC=CC[C@H]2C1=O. The topological polar surface area (TPSA) is 86.8 Å². The minimum absolute atomic E-state index is 0.00609. The second-order valence-electron chi connectivity index (χ2n) is 8.50. The number of likely N-dealkylation sites (N-methyl/N-ethyl adjacent to an activating group) is 1. The molecule has 32 heavy (non-hydrogen) atoms. The molecule has 7 nitrogen and oxygen atoms in total. The first-order valence-corrected chi connectivity index (χ1v) is 11.5. The molecule has 3 rings (SSSR count). The van der Waals surface area contributed by atoms with Crippen LogP contribution in [0.15, 0.2) is 36.4 Å². The van der Waals surface area contributed by atoms with Gasteiger partial charge in [0.25, 0.3) is 0 Å². The van der Waals surface area contributed by atoms with Gasteiger partial charge in [-0.2, -0.15) is 0 Å². The Balaban J connectivity index is 1.76. The van der Waals surface area contributed by atoms with Gasteiger partial charge in [-0.15, -0.1) is 0 Å². The first-order valence-electron chi connectivity index (χ1n) is 11.5. The Bertz CT molecular complexity index is 884. The van der Waals surface area contributed by atoms with Crippen molar-refractivity contribution < 1.29 is 19.2 Å². The van der Waals surface area contributed by atoms with Crippen LogP contribution < -0.4 is 5.32 Å². The maximum atomic E-state index is 13.3. The average Bonchev–Trinajstić information content (AvgIpc) is 3.03. The summed E-state index contributed by atoms with van der Waals surface area (Å²) in [5.74, 6) is -1.40. The number of imide groups is 1. The standard InChI is InChI=1S/C25H33N3O4/c1-4-21(23(30)26-5-2)28(16-18-11-7-6-10-17(18)3)22(29)14-15-27-24(31)19-12-8-9-13-20(19)25(27)32/h6-11,19-21H,4-5,12-16H2,1-3H3,(H,26,30)/t19-,20+,21?. The highest BCUT2D eigenvalue weighted by Crippen LogP contribution is 2.35. The number of nitrogens with zero attached hydrogens (tertiary/aromatic N) is 2. The number of carbonyl (C=O) groups is 4. The summed E-state index contributed by atoms with van der Waals surface area (Å²) in [6, 6.07) is 7.16. The van der Waals surface area contributed by atoms with Gasteiger partial charge in [0, 0.05) is 26.1 Å². The van der Waals surface area contributed by atoms with Crippen molar-refractivity contribution in [1.29, 1.82) is 0 Å². The van der Waals surface area contributed by atoms with Crippen molar-refractivity contribution in [3.05, 3.63) is 47.5 Å². The third-order valence-electron chi connectivity index (χ3n) is 6.49. The predicted molar refractivity (Wildman–Crippen MR) is 121 cm³/mol. The number of allylic oxidation sites excluding steroid dienone is 2. The molecule has 1 aliphatic heterocycles. The molecule has 1 fully saturated rings. The fourth-order valence-corrected chi connectivity index (χ4v) is 4.62. The molecule has 0 radical (unpaired) electrons. The normalized spacial score (nSPS) is 20.8. The van der Waals surface area contributed by atoms with Gasteiger partial charge < -0.3 is 10.2 Å². The van der Waals surface area contributed by atoms with E-state index in [4.69, 9.17) is 0 Å². The molecule has 0 spiro atoms. The molecular formula is C25H33N3O4. The predicted octanol–water partition coefficient (Wildman–Crippen LogP) is 2.58. The van der Waals surface area contributed by atoms with E-state index in [1.54, 1.807) is 4.90 Å². The second-order valence-corrected chi connectivity index (χ2v) is 8.50. The average molecular weight is 440 g/mol. The van der Waals surface area contributed by atoms with Crippen LogP contribution in [0, 0.1) is 18.8 Å². The molecule has 1 unspecified atom stereocenters. The van der Waals surface area contributed by atoms with Crippen LogP contribution in [-0.4, -0.2) is 52.6 Å². The van der Waals surface area contributed by atoms with Crippen LogP contribution in [-0.2, 0) is 25.7 Å². The highest BCUT2D eigenvalue weighted by atomic mass is 16.2. The number of benzene rings is 1. The van der Waals surface area contributed by atoms with Gasteiger partial charge >= 0.3 is 0 Å². The fraction of sp³-hybridized carbons (Fsp3) is 0.520. The summed E-state index contributed by atoms with van der Waals surface area (Å²) >= 11 is 0. The van der Waals surface area contributed by atoms with Crippen LogP contribution in [0.5, 0.6) is 0 Å². The van der Waals surface area contributed by atoms with Crippen molar-refractivity contribution in [1.82, 2.24) is 15.1 Å². The van der Waals surface area contributed by atoms with Crippen molar-refractivity contribution in [2.24, 2.45) is 11.8 Å². The lowest BCUT2D eigenvalue weighted by molar-refractivity contribution is -0.144. The zero-order valence-electron chi connectivity index (χ0n) is 19.2. The zero-order chi connectivity index (χ0) is 23.3. The highest BCUT2D eigenvalue weighted by Gasteiger charge is 2.47. The quantitative estimate of drug-likeness (QED) is 0.473. The van der Waals surface area contributed by atoms with Gasteiger partial charge in [0.2, 0.25) is 23.6 Å². The number of carbonyl (C=O) groups excluding carboxylic acids is 4. The number of hydrogen-bond acceptors (Lipinski definition) is 4. The Morgan fingerprint density at radius 2 is 1.72 bits per heavy atom. The molecular weight excluding hydrogens is 406 g/mol. The molecule has 1 heterocycles. The Morgan fingerprint density at radius 3 is 2.28 bits per heavy atom. The van der Waals surface area contributed by atoms with Crippen molar-refractivity contribution in [3.63, 3.8) is 0 Å². The van der Waals surface area contributed by atoms with E-state index >= 15 is 0 Å². The number of nitrogens with one attached hydrogen (secondary N) is 1. The maximum Gasteiger partial charge on any atom is 0.242 e. The number of rotatable bonds is 9. The Hall–Kier alpha value is -2.96. The molecule has 3 atom stereocenters. The Morgan fingerprint density at radius 1 is 1.09 bits per heavy atom. The lowest BCUT2D eigenvalue weighted by Crippen LogP contribution is -2.49. The summed E-state index contributed by atoms with van der Waals surface area (Å²) in [5.41, 5.74) is 2.01. The van der Waals surface area contributed by atoms with Crippen LogP contribution in [0.3, 0.4) is 0 Å². The molecule has 0 saturated carbocycles. The van der Waals surface area contributed by atoms with E-state index in [1.165, 1.54) is 4.90 Å². The van der Waals surface area contributed by atoms with Gasteiger partial charge in [0.15, 0.2) is 0 Å². The van der Waals surface area contributed by atoms with E-state index in [1.807, 2.05) is 57.2 Å². The first kappa shape index (κ1) is 23.7. The summed E-state index contributed by atoms with van der Waals surface area (Å²) in [4.78, 5) is 54.3. The molecule has 7 heteroatoms. The monoisotopic (exact) mass is 439 g/mol. The van der Waals surface area contributed by atoms with E-state index in [-0.39, 0.29) is 48.4 Å². The van der Waals surface area contributed by atoms with E-state index in [0.717, 1.165) is 11.1 Å². The van der Waals surface area contributed by atoms with Gasteiger partial charge in [-0.05, 0) is 44.2 Å². The van der Waals surface area contributed by atoms with E-state index < -0.39 is 6.04 Å². The lowest BCUT2D eigenvalue weighted by Gasteiger charge is -2.31. The molecule has 4 amide bonds. The zero-order valence-corrected chi connectivity index (χ0v) is 19.2. The molecule has 2 aliphatic rings. The van der Waals surface area contributed by atoms with E-state index in [0.29, 0.717) is 32.4 Å². The van der Waals surface area contributed by atoms with Gasteiger partial charge in [0.05, 0.1) is 11.8 Å². The van der Waals surface area contributed by atoms with Gasteiger partial charge in [-0.1, -0.05) is 43.3 Å². The van der Waals surface area contributed by atoms with Gasteiger partial charge in [-0.25, -0.2) is 0 Å². The number of aryl methyl sites for hydroxylation is 1. The van der Waals surface area contributed by atoms with Crippen molar-refractivity contribution in [2.45, 2.75) is 59.0 Å². The Labute approximate surface area is 189 Å². The smallest absolute Gasteiger partial charge is 0.242 e. The first-order chi connectivity index (χ1) is 15.4. The van der Waals surface area contributed by atoms with Crippen molar-refractivity contribution in [2.75, 3.05) is 13.1 Å². The molecule has 0 aromatic heterocycles. The Kier molecular flexibility index (Phi) is 7.83. The second kappa shape index (κ2) is 10.6. The number of fused-ring (bicyclic) bond motifs is 1. The molecule has 1 N–H and O–H groups in total. The van der Waals surface area contributed by atoms with E-state index in [2.05, 4.69) is 5.32 Å². The van der Waals surface area contributed by atoms with Crippen molar-refractivity contribution >= 4 is 23.6 Å². The van der Waals surface area contributed by atoms with Crippen LogP contribution in [0.25, 0.3) is 0 Å². The number of hydrogen-bond donors (Lipinski definition) is 1. The van der Waals surface area contributed by atoms with Crippen LogP contribution in [0.1, 0.15) is 50.7 Å². The summed E-state index contributed by atoms with van der Waals surface area (Å²) in [7, 11) is 0. The van der Waals surface area contributed by atoms with Gasteiger partial charge in [-0.3, -0.25) is 24.1 Å². The maximum absolute atomic E-state index is 13.3. The molecule has 1 saturated heterocycles. The van der Waals surface area contributed by atoms with E-state index in [9.17, 15) is 19.2 Å². The van der Waals surface area contributed by atoms with Gasteiger partial charge in [0.1, 0.15) is 6.04 Å².